The van der Waals surface area contributed by atoms with Gasteiger partial charge in [0.05, 0.1) is 7.11 Å². The molecule has 0 aromatic heterocycles. The monoisotopic (exact) mass is 252 g/mol. The van der Waals surface area contributed by atoms with Crippen LogP contribution in [0.1, 0.15) is 18.9 Å². The van der Waals surface area contributed by atoms with E-state index in [1.54, 1.807) is 25.1 Å². The smallest absolute Gasteiger partial charge is 0.333 e. The molecule has 1 rings (SSSR count). The second kappa shape index (κ2) is 6.79. The Balaban J connectivity index is 2.62. The Labute approximate surface area is 106 Å². The van der Waals surface area contributed by atoms with Crippen molar-refractivity contribution in [2.75, 3.05) is 13.7 Å². The van der Waals surface area contributed by atoms with Crippen LogP contribution in [0.4, 0.5) is 4.39 Å². The van der Waals surface area contributed by atoms with Crippen LogP contribution in [0.3, 0.4) is 0 Å². The lowest BCUT2D eigenvalue weighted by atomic mass is 10.2. The first-order valence-electron chi connectivity index (χ1n) is 5.74. The van der Waals surface area contributed by atoms with Gasteiger partial charge in [0.2, 0.25) is 0 Å². The predicted octanol–water partition coefficient (Wildman–Crippen LogP) is 3.02. The number of hydrogen-bond donors (Lipinski definition) is 0. The number of aryl methyl sites for hydroxylation is 1. The number of halogens is 1. The van der Waals surface area contributed by atoms with E-state index in [0.29, 0.717) is 23.3 Å². The van der Waals surface area contributed by atoms with Gasteiger partial charge in [0.15, 0.2) is 0 Å². The summed E-state index contributed by atoms with van der Waals surface area (Å²) in [7, 11) is 1.34. The zero-order valence-electron chi connectivity index (χ0n) is 10.8. The molecule has 1 aromatic rings. The van der Waals surface area contributed by atoms with E-state index >= 15 is 0 Å². The van der Waals surface area contributed by atoms with E-state index in [0.717, 1.165) is 0 Å². The summed E-state index contributed by atoms with van der Waals surface area (Å²) in [6.07, 6.45) is 2.25. The first-order chi connectivity index (χ1) is 8.58. The number of methoxy groups -OCH3 is 1. The summed E-state index contributed by atoms with van der Waals surface area (Å²) in [5.41, 5.74) is 1.09. The maximum atomic E-state index is 13.0. The van der Waals surface area contributed by atoms with E-state index < -0.39 is 0 Å². The number of carbonyl (C=O) groups is 1. The Hall–Kier alpha value is -1.84. The number of carbonyl (C=O) groups excluding carboxylic acids is 1. The molecule has 0 unspecified atom stereocenters. The minimum atomic E-state index is -0.351. The molecule has 0 bridgehead atoms. The van der Waals surface area contributed by atoms with Gasteiger partial charge in [0.1, 0.15) is 18.2 Å². The summed E-state index contributed by atoms with van der Waals surface area (Å²) in [6.45, 7) is 3.79. The highest BCUT2D eigenvalue weighted by molar-refractivity contribution is 5.88. The van der Waals surface area contributed by atoms with E-state index in [4.69, 9.17) is 4.74 Å². The summed E-state index contributed by atoms with van der Waals surface area (Å²) < 4.78 is 23.1. The average Bonchev–Trinajstić information content (AvgIpc) is 2.38. The third kappa shape index (κ3) is 3.87. The Bertz CT molecular complexity index is 452. The number of esters is 1. The van der Waals surface area contributed by atoms with E-state index in [2.05, 4.69) is 4.74 Å². The molecule has 0 saturated carbocycles. The summed E-state index contributed by atoms with van der Waals surface area (Å²) >= 11 is 0. The topological polar surface area (TPSA) is 35.5 Å². The quantitative estimate of drug-likeness (QED) is 0.597. The van der Waals surface area contributed by atoms with Crippen LogP contribution >= 0.6 is 0 Å². The molecule has 0 saturated heterocycles. The molecule has 0 aliphatic heterocycles. The van der Waals surface area contributed by atoms with Crippen LogP contribution in [0, 0.1) is 12.7 Å². The summed E-state index contributed by atoms with van der Waals surface area (Å²) in [5.74, 6) is -0.0384. The van der Waals surface area contributed by atoms with Gasteiger partial charge in [0, 0.05) is 5.57 Å². The zero-order valence-corrected chi connectivity index (χ0v) is 10.8. The fourth-order valence-electron chi connectivity index (χ4n) is 1.45. The van der Waals surface area contributed by atoms with Gasteiger partial charge in [0.25, 0.3) is 0 Å². The molecular weight excluding hydrogens is 235 g/mol. The number of benzene rings is 1. The fraction of sp³-hybridized carbons (Fsp3) is 0.357. The van der Waals surface area contributed by atoms with Crippen molar-refractivity contribution in [3.05, 3.63) is 41.2 Å². The summed E-state index contributed by atoms with van der Waals surface area (Å²) in [5, 5.41) is 0. The molecule has 98 valence electrons. The molecule has 4 heteroatoms. The van der Waals surface area contributed by atoms with E-state index in [1.807, 2.05) is 6.92 Å². The first kappa shape index (κ1) is 14.2. The van der Waals surface area contributed by atoms with Gasteiger partial charge in [-0.05, 0) is 43.2 Å². The molecule has 0 fully saturated rings. The Morgan fingerprint density at radius 3 is 2.72 bits per heavy atom. The van der Waals surface area contributed by atoms with Crippen LogP contribution in [-0.2, 0) is 9.53 Å². The normalized spacial score (nSPS) is 11.2. The van der Waals surface area contributed by atoms with Crippen LogP contribution in [0.25, 0.3) is 0 Å². The Kier molecular flexibility index (Phi) is 5.36. The highest BCUT2D eigenvalue weighted by Crippen LogP contribution is 2.16. The van der Waals surface area contributed by atoms with Gasteiger partial charge in [-0.15, -0.1) is 0 Å². The molecule has 18 heavy (non-hydrogen) atoms. The highest BCUT2D eigenvalue weighted by Gasteiger charge is 2.06. The van der Waals surface area contributed by atoms with Crippen LogP contribution in [0.5, 0.6) is 5.75 Å². The summed E-state index contributed by atoms with van der Waals surface area (Å²) in [6, 6.07) is 4.53. The lowest BCUT2D eigenvalue weighted by molar-refractivity contribution is -0.136. The largest absolute Gasteiger partial charge is 0.490 e. The second-order valence-electron chi connectivity index (χ2n) is 3.80. The lowest BCUT2D eigenvalue weighted by Gasteiger charge is -2.06. The summed E-state index contributed by atoms with van der Waals surface area (Å²) in [4.78, 5) is 11.3. The molecule has 0 N–H and O–H groups in total. The van der Waals surface area contributed by atoms with Crippen molar-refractivity contribution in [2.45, 2.75) is 20.3 Å². The van der Waals surface area contributed by atoms with Crippen LogP contribution in [0.2, 0.25) is 0 Å². The van der Waals surface area contributed by atoms with Crippen molar-refractivity contribution in [2.24, 2.45) is 0 Å². The molecule has 3 nitrogen and oxygen atoms in total. The number of ether oxygens (including phenoxy) is 2. The minimum Gasteiger partial charge on any atom is -0.490 e. The van der Waals surface area contributed by atoms with Crippen LogP contribution in [0.15, 0.2) is 29.8 Å². The van der Waals surface area contributed by atoms with Gasteiger partial charge in [-0.25, -0.2) is 9.18 Å². The van der Waals surface area contributed by atoms with Crippen molar-refractivity contribution < 1.29 is 18.7 Å². The maximum absolute atomic E-state index is 13.0. The third-order valence-electron chi connectivity index (χ3n) is 2.54. The molecule has 0 aliphatic carbocycles. The molecular formula is C14H17FO3. The minimum absolute atomic E-state index is 0.253. The molecule has 0 aliphatic rings. The van der Waals surface area contributed by atoms with Gasteiger partial charge < -0.3 is 9.47 Å². The van der Waals surface area contributed by atoms with Crippen LogP contribution in [-0.4, -0.2) is 19.7 Å². The Morgan fingerprint density at radius 2 is 2.17 bits per heavy atom. The lowest BCUT2D eigenvalue weighted by Crippen LogP contribution is -2.06. The van der Waals surface area contributed by atoms with Gasteiger partial charge >= 0.3 is 5.97 Å². The average molecular weight is 252 g/mol. The maximum Gasteiger partial charge on any atom is 0.333 e. The van der Waals surface area contributed by atoms with E-state index in [9.17, 15) is 9.18 Å². The molecule has 0 amide bonds. The predicted molar refractivity (Wildman–Crippen MR) is 67.0 cm³/mol. The van der Waals surface area contributed by atoms with E-state index in [-0.39, 0.29) is 18.4 Å². The molecule has 0 radical (unpaired) electrons. The van der Waals surface area contributed by atoms with Crippen molar-refractivity contribution in [1.29, 1.82) is 0 Å². The molecule has 0 spiro atoms. The SMILES string of the molecule is CC/C(=C/COc1ccc(F)c(C)c1)C(=O)OC. The second-order valence-corrected chi connectivity index (χ2v) is 3.80. The van der Waals surface area contributed by atoms with Gasteiger partial charge in [-0.1, -0.05) is 6.92 Å². The van der Waals surface area contributed by atoms with Gasteiger partial charge in [-0.2, -0.15) is 0 Å². The van der Waals surface area contributed by atoms with Crippen molar-refractivity contribution in [3.63, 3.8) is 0 Å². The zero-order chi connectivity index (χ0) is 13.5. The molecule has 0 heterocycles. The van der Waals surface area contributed by atoms with Gasteiger partial charge in [-0.3, -0.25) is 0 Å². The third-order valence-corrected chi connectivity index (χ3v) is 2.54. The number of hydrogen-bond acceptors (Lipinski definition) is 3. The fourth-order valence-corrected chi connectivity index (χ4v) is 1.45. The highest BCUT2D eigenvalue weighted by atomic mass is 19.1. The standard InChI is InChI=1S/C14H17FO3/c1-4-11(14(16)17-3)7-8-18-12-5-6-13(15)10(2)9-12/h5-7,9H,4,8H2,1-3H3/b11-7-. The Morgan fingerprint density at radius 1 is 1.44 bits per heavy atom. The van der Waals surface area contributed by atoms with Crippen molar-refractivity contribution in [1.82, 2.24) is 0 Å². The van der Waals surface area contributed by atoms with Crippen molar-refractivity contribution >= 4 is 5.97 Å². The molecule has 0 atom stereocenters. The number of rotatable bonds is 5. The van der Waals surface area contributed by atoms with Crippen LogP contribution < -0.4 is 4.74 Å². The first-order valence-corrected chi connectivity index (χ1v) is 5.74. The van der Waals surface area contributed by atoms with E-state index in [1.165, 1.54) is 13.2 Å². The van der Waals surface area contributed by atoms with Crippen molar-refractivity contribution in [3.8, 4) is 5.75 Å². The molecule has 1 aromatic carbocycles.